The fraction of sp³-hybridized carbons (Fsp3) is 0.455. The second-order valence-corrected chi connectivity index (χ2v) is 6.21. The number of nitrogens with two attached hydrogens (primary N) is 2. The molecular formula is C11H17N3O4S. The van der Waals surface area contributed by atoms with Crippen molar-refractivity contribution in [3.8, 4) is 0 Å². The lowest BCUT2D eigenvalue weighted by molar-refractivity contribution is 0.0382. The van der Waals surface area contributed by atoms with Crippen molar-refractivity contribution in [2.75, 3.05) is 30.8 Å². The van der Waals surface area contributed by atoms with Crippen LogP contribution in [0, 0.1) is 0 Å². The lowest BCUT2D eigenvalue weighted by Gasteiger charge is -2.21. The third-order valence-corrected chi connectivity index (χ3v) is 4.01. The smallest absolute Gasteiger partial charge is 0.240 e. The normalized spacial score (nSPS) is 23.5. The van der Waals surface area contributed by atoms with Crippen LogP contribution in [-0.4, -0.2) is 38.9 Å². The average molecular weight is 287 g/mol. The predicted molar refractivity (Wildman–Crippen MR) is 71.1 cm³/mol. The summed E-state index contributed by atoms with van der Waals surface area (Å²) in [4.78, 5) is -0.110. The molecule has 0 radical (unpaired) electrons. The molecule has 0 aromatic heterocycles. The van der Waals surface area contributed by atoms with E-state index in [9.17, 15) is 13.5 Å². The van der Waals surface area contributed by atoms with Gasteiger partial charge in [0.1, 0.15) is 10.5 Å². The van der Waals surface area contributed by atoms with Crippen LogP contribution in [0.15, 0.2) is 23.1 Å². The Morgan fingerprint density at radius 1 is 1.47 bits per heavy atom. The maximum absolute atomic E-state index is 11.2. The molecule has 1 fully saturated rings. The second-order valence-electron chi connectivity index (χ2n) is 4.68. The fourth-order valence-corrected chi connectivity index (χ4v) is 2.57. The fourth-order valence-electron chi connectivity index (χ4n) is 1.92. The van der Waals surface area contributed by atoms with Gasteiger partial charge in [0.15, 0.2) is 0 Å². The van der Waals surface area contributed by atoms with Crippen LogP contribution in [0.4, 0.5) is 11.4 Å². The van der Waals surface area contributed by atoms with E-state index < -0.39 is 15.6 Å². The molecule has 0 aliphatic carbocycles. The van der Waals surface area contributed by atoms with E-state index in [0.717, 1.165) is 0 Å². The molecular weight excluding hydrogens is 270 g/mol. The molecule has 106 valence electrons. The van der Waals surface area contributed by atoms with E-state index in [1.54, 1.807) is 6.07 Å². The zero-order valence-electron chi connectivity index (χ0n) is 10.3. The number of rotatable bonds is 4. The summed E-state index contributed by atoms with van der Waals surface area (Å²) >= 11 is 0. The molecule has 1 aliphatic rings. The Morgan fingerprint density at radius 3 is 2.74 bits per heavy atom. The van der Waals surface area contributed by atoms with Gasteiger partial charge >= 0.3 is 0 Å². The highest BCUT2D eigenvalue weighted by molar-refractivity contribution is 7.89. The van der Waals surface area contributed by atoms with E-state index >= 15 is 0 Å². The van der Waals surface area contributed by atoms with Crippen molar-refractivity contribution >= 4 is 21.4 Å². The van der Waals surface area contributed by atoms with Crippen molar-refractivity contribution in [1.29, 1.82) is 0 Å². The monoisotopic (exact) mass is 287 g/mol. The summed E-state index contributed by atoms with van der Waals surface area (Å²) in [5.74, 6) is 0. The molecule has 0 saturated carbocycles. The van der Waals surface area contributed by atoms with Crippen LogP contribution in [0.2, 0.25) is 0 Å². The molecule has 1 aromatic rings. The molecule has 1 atom stereocenters. The van der Waals surface area contributed by atoms with Gasteiger partial charge in [-0.15, -0.1) is 0 Å². The summed E-state index contributed by atoms with van der Waals surface area (Å²) in [5.41, 5.74) is 5.43. The van der Waals surface area contributed by atoms with Gasteiger partial charge in [-0.3, -0.25) is 0 Å². The van der Waals surface area contributed by atoms with E-state index in [1.807, 2.05) is 0 Å². The van der Waals surface area contributed by atoms with E-state index in [4.69, 9.17) is 15.6 Å². The first-order chi connectivity index (χ1) is 8.80. The number of hydrogen-bond donors (Lipinski definition) is 4. The Kier molecular flexibility index (Phi) is 3.68. The minimum Gasteiger partial charge on any atom is -0.398 e. The number of hydrogen-bond acceptors (Lipinski definition) is 6. The molecule has 8 heteroatoms. The number of nitrogen functional groups attached to an aromatic ring is 1. The van der Waals surface area contributed by atoms with E-state index in [-0.39, 0.29) is 17.2 Å². The summed E-state index contributed by atoms with van der Waals surface area (Å²) < 4.78 is 27.5. The Bertz CT molecular complexity index is 567. The maximum Gasteiger partial charge on any atom is 0.240 e. The lowest BCUT2D eigenvalue weighted by atomic mass is 10.0. The molecule has 1 heterocycles. The first kappa shape index (κ1) is 14.1. The Hall–Kier alpha value is -1.35. The van der Waals surface area contributed by atoms with Crippen LogP contribution < -0.4 is 16.2 Å². The van der Waals surface area contributed by atoms with Crippen LogP contribution in [0.25, 0.3) is 0 Å². The summed E-state index contributed by atoms with van der Waals surface area (Å²) in [5, 5.41) is 18.1. The molecule has 1 saturated heterocycles. The van der Waals surface area contributed by atoms with Gasteiger partial charge in [-0.1, -0.05) is 0 Å². The van der Waals surface area contributed by atoms with Crippen LogP contribution in [0.5, 0.6) is 0 Å². The van der Waals surface area contributed by atoms with Crippen molar-refractivity contribution in [3.05, 3.63) is 18.2 Å². The Morgan fingerprint density at radius 2 is 2.21 bits per heavy atom. The highest BCUT2D eigenvalue weighted by Gasteiger charge is 2.31. The molecule has 7 nitrogen and oxygen atoms in total. The number of anilines is 2. The molecule has 6 N–H and O–H groups in total. The van der Waals surface area contributed by atoms with E-state index in [2.05, 4.69) is 5.32 Å². The third kappa shape index (κ3) is 3.35. The van der Waals surface area contributed by atoms with Gasteiger partial charge in [0, 0.05) is 25.3 Å². The van der Waals surface area contributed by atoms with Gasteiger partial charge in [0.05, 0.1) is 12.3 Å². The van der Waals surface area contributed by atoms with Gasteiger partial charge in [0.2, 0.25) is 10.0 Å². The topological polar surface area (TPSA) is 128 Å². The van der Waals surface area contributed by atoms with Crippen LogP contribution in [-0.2, 0) is 14.8 Å². The number of benzene rings is 1. The molecule has 1 aliphatic heterocycles. The number of primary sulfonamides is 1. The molecule has 1 aromatic carbocycles. The van der Waals surface area contributed by atoms with Crippen molar-refractivity contribution in [3.63, 3.8) is 0 Å². The number of ether oxygens (including phenoxy) is 1. The van der Waals surface area contributed by atoms with Gasteiger partial charge in [-0.2, -0.15) is 0 Å². The highest BCUT2D eigenvalue weighted by atomic mass is 32.2. The van der Waals surface area contributed by atoms with Crippen molar-refractivity contribution in [1.82, 2.24) is 0 Å². The Balaban J connectivity index is 2.08. The highest BCUT2D eigenvalue weighted by Crippen LogP contribution is 2.23. The quantitative estimate of drug-likeness (QED) is 0.552. The van der Waals surface area contributed by atoms with Crippen LogP contribution in [0.1, 0.15) is 6.42 Å². The molecule has 0 amide bonds. The third-order valence-electron chi connectivity index (χ3n) is 3.02. The first-order valence-corrected chi connectivity index (χ1v) is 7.31. The van der Waals surface area contributed by atoms with E-state index in [1.165, 1.54) is 12.1 Å². The SMILES string of the molecule is Nc1cc(NCC2(O)CCOC2)ccc1S(N)(=O)=O. The first-order valence-electron chi connectivity index (χ1n) is 5.77. The molecule has 2 rings (SSSR count). The summed E-state index contributed by atoms with van der Waals surface area (Å²) in [7, 11) is -3.82. The van der Waals surface area contributed by atoms with E-state index in [0.29, 0.717) is 25.3 Å². The van der Waals surface area contributed by atoms with Crippen LogP contribution in [0.3, 0.4) is 0 Å². The van der Waals surface area contributed by atoms with Crippen molar-refractivity contribution < 1.29 is 18.3 Å². The summed E-state index contributed by atoms with van der Waals surface area (Å²) in [6, 6.07) is 4.36. The van der Waals surface area contributed by atoms with Crippen LogP contribution >= 0.6 is 0 Å². The largest absolute Gasteiger partial charge is 0.398 e. The number of aliphatic hydroxyl groups is 1. The molecule has 0 bridgehead atoms. The maximum atomic E-state index is 11.2. The molecule has 19 heavy (non-hydrogen) atoms. The molecule has 1 unspecified atom stereocenters. The minimum atomic E-state index is -3.82. The summed E-state index contributed by atoms with van der Waals surface area (Å²) in [6.45, 7) is 1.12. The number of nitrogens with one attached hydrogen (secondary N) is 1. The Labute approximate surface area is 111 Å². The standard InChI is InChI=1S/C11H17N3O4S/c12-9-5-8(1-2-10(9)19(13,16)17)14-6-11(15)3-4-18-7-11/h1-2,5,14-15H,3-4,6-7,12H2,(H2,13,16,17). The predicted octanol–water partition coefficient (Wildman–Crippen LogP) is -0.521. The lowest BCUT2D eigenvalue weighted by Crippen LogP contribution is -2.37. The van der Waals surface area contributed by atoms with Gasteiger partial charge < -0.3 is 20.9 Å². The second kappa shape index (κ2) is 4.97. The number of sulfonamides is 1. The summed E-state index contributed by atoms with van der Waals surface area (Å²) in [6.07, 6.45) is 0.560. The molecule has 0 spiro atoms. The average Bonchev–Trinajstić information content (AvgIpc) is 2.73. The van der Waals surface area contributed by atoms with Gasteiger partial charge in [0.25, 0.3) is 0 Å². The van der Waals surface area contributed by atoms with Crippen molar-refractivity contribution in [2.45, 2.75) is 16.9 Å². The van der Waals surface area contributed by atoms with Gasteiger partial charge in [-0.05, 0) is 18.2 Å². The zero-order chi connectivity index (χ0) is 14.1. The van der Waals surface area contributed by atoms with Crippen molar-refractivity contribution in [2.24, 2.45) is 5.14 Å². The zero-order valence-corrected chi connectivity index (χ0v) is 11.1. The minimum absolute atomic E-state index is 0.0714. The van der Waals surface area contributed by atoms with Gasteiger partial charge in [-0.25, -0.2) is 13.6 Å².